The lowest BCUT2D eigenvalue weighted by atomic mass is 10.2. The van der Waals surface area contributed by atoms with E-state index in [0.29, 0.717) is 18.9 Å². The lowest BCUT2D eigenvalue weighted by molar-refractivity contribution is 0.311. The molecular weight excluding hydrogens is 322 g/mol. The molecule has 0 amide bonds. The van der Waals surface area contributed by atoms with Crippen molar-refractivity contribution in [3.8, 4) is 11.5 Å². The summed E-state index contributed by atoms with van der Waals surface area (Å²) in [5.41, 5.74) is 2.99. The molecule has 0 aliphatic carbocycles. The van der Waals surface area contributed by atoms with Gasteiger partial charge in [0.05, 0.1) is 32.2 Å². The first-order valence-electron chi connectivity index (χ1n) is 7.72. The highest BCUT2D eigenvalue weighted by Crippen LogP contribution is 2.27. The van der Waals surface area contributed by atoms with E-state index in [0.717, 1.165) is 27.4 Å². The van der Waals surface area contributed by atoms with Crippen molar-refractivity contribution in [2.45, 2.75) is 20.8 Å². The number of nitrogens with zero attached hydrogens (tertiary/aromatic N) is 3. The van der Waals surface area contributed by atoms with Gasteiger partial charge in [0, 0.05) is 5.38 Å². The molecule has 0 unspecified atom stereocenters. The average Bonchev–Trinajstić information content (AvgIpc) is 2.92. The molecule has 128 valence electrons. The van der Waals surface area contributed by atoms with E-state index in [1.165, 1.54) is 0 Å². The SMILES string of the molecule is C=C(C)CN=c1scc(C)n1N=Cc1ccc(OCC)c(OC)c1. The monoisotopic (exact) mass is 345 g/mol. The molecule has 0 N–H and O–H groups in total. The summed E-state index contributed by atoms with van der Waals surface area (Å²) >= 11 is 1.57. The number of hydrogen-bond acceptors (Lipinski definition) is 5. The van der Waals surface area contributed by atoms with E-state index in [-0.39, 0.29) is 0 Å². The molecule has 0 aliphatic rings. The zero-order valence-electron chi connectivity index (χ0n) is 14.6. The zero-order chi connectivity index (χ0) is 17.5. The van der Waals surface area contributed by atoms with Gasteiger partial charge >= 0.3 is 0 Å². The van der Waals surface area contributed by atoms with Crippen LogP contribution in [-0.2, 0) is 0 Å². The smallest absolute Gasteiger partial charge is 0.206 e. The first-order chi connectivity index (χ1) is 11.5. The molecule has 0 radical (unpaired) electrons. The molecule has 1 heterocycles. The van der Waals surface area contributed by atoms with Crippen molar-refractivity contribution >= 4 is 17.6 Å². The molecule has 1 aromatic heterocycles. The Labute approximate surface area is 146 Å². The van der Waals surface area contributed by atoms with Crippen molar-refractivity contribution in [1.82, 2.24) is 4.68 Å². The Bertz CT molecular complexity index is 803. The van der Waals surface area contributed by atoms with Crippen LogP contribution in [0.25, 0.3) is 0 Å². The number of aromatic nitrogens is 1. The second-order valence-electron chi connectivity index (χ2n) is 5.33. The van der Waals surface area contributed by atoms with Gasteiger partial charge < -0.3 is 9.47 Å². The molecule has 0 bridgehead atoms. The normalized spacial score (nSPS) is 11.9. The third-order valence-electron chi connectivity index (χ3n) is 3.14. The Hall–Kier alpha value is -2.34. The van der Waals surface area contributed by atoms with E-state index in [4.69, 9.17) is 9.47 Å². The second kappa shape index (κ2) is 8.49. The van der Waals surface area contributed by atoms with Gasteiger partial charge in [0.1, 0.15) is 0 Å². The van der Waals surface area contributed by atoms with Crippen LogP contribution in [-0.4, -0.2) is 31.2 Å². The molecule has 2 aromatic rings. The Kier molecular flexibility index (Phi) is 6.37. The Morgan fingerprint density at radius 3 is 2.83 bits per heavy atom. The number of methoxy groups -OCH3 is 1. The van der Waals surface area contributed by atoms with Crippen molar-refractivity contribution < 1.29 is 9.47 Å². The van der Waals surface area contributed by atoms with Gasteiger partial charge in [0.2, 0.25) is 4.80 Å². The van der Waals surface area contributed by atoms with Crippen molar-refractivity contribution in [2.75, 3.05) is 20.3 Å². The molecule has 6 heteroatoms. The lowest BCUT2D eigenvalue weighted by Crippen LogP contribution is -2.13. The van der Waals surface area contributed by atoms with Crippen LogP contribution < -0.4 is 14.3 Å². The average molecular weight is 345 g/mol. The summed E-state index contributed by atoms with van der Waals surface area (Å²) in [7, 11) is 1.63. The number of thiazole rings is 1. The summed E-state index contributed by atoms with van der Waals surface area (Å²) in [5, 5.41) is 6.58. The Morgan fingerprint density at radius 1 is 1.38 bits per heavy atom. The van der Waals surface area contributed by atoms with E-state index < -0.39 is 0 Å². The first-order valence-corrected chi connectivity index (χ1v) is 8.60. The number of rotatable bonds is 7. The van der Waals surface area contributed by atoms with Crippen LogP contribution in [0.1, 0.15) is 25.1 Å². The van der Waals surface area contributed by atoms with Crippen molar-refractivity contribution in [1.29, 1.82) is 0 Å². The molecule has 1 aromatic carbocycles. The minimum atomic E-state index is 0.599. The predicted octanol–water partition coefficient (Wildman–Crippen LogP) is 3.62. The van der Waals surface area contributed by atoms with Gasteiger partial charge in [-0.25, -0.2) is 4.68 Å². The quantitative estimate of drug-likeness (QED) is 0.568. The van der Waals surface area contributed by atoms with Crippen LogP contribution in [0.3, 0.4) is 0 Å². The summed E-state index contributed by atoms with van der Waals surface area (Å²) in [5.74, 6) is 1.42. The fourth-order valence-corrected chi connectivity index (χ4v) is 2.81. The standard InChI is InChI=1S/C18H23N3O2S/c1-6-23-16-8-7-15(9-17(16)22-5)11-20-21-14(4)12-24-18(21)19-10-13(2)3/h7-9,11-12H,2,6,10H2,1,3-5H3. The van der Waals surface area contributed by atoms with Crippen LogP contribution in [0.2, 0.25) is 0 Å². The second-order valence-corrected chi connectivity index (χ2v) is 6.17. The summed E-state index contributed by atoms with van der Waals surface area (Å²) in [6, 6.07) is 5.74. The molecule has 0 saturated carbocycles. The summed E-state index contributed by atoms with van der Waals surface area (Å²) in [6.45, 7) is 11.0. The maximum atomic E-state index is 5.53. The van der Waals surface area contributed by atoms with Gasteiger partial charge in [-0.1, -0.05) is 12.2 Å². The number of hydrogen-bond donors (Lipinski definition) is 0. The summed E-state index contributed by atoms with van der Waals surface area (Å²) < 4.78 is 12.7. The van der Waals surface area contributed by atoms with Crippen molar-refractivity contribution in [3.63, 3.8) is 0 Å². The van der Waals surface area contributed by atoms with Gasteiger partial charge in [-0.15, -0.1) is 11.3 Å². The maximum Gasteiger partial charge on any atom is 0.206 e. The fourth-order valence-electron chi connectivity index (χ4n) is 2.00. The third-order valence-corrected chi connectivity index (χ3v) is 4.12. The van der Waals surface area contributed by atoms with E-state index in [1.54, 1.807) is 24.7 Å². The Morgan fingerprint density at radius 2 is 2.17 bits per heavy atom. The molecule has 24 heavy (non-hydrogen) atoms. The molecule has 0 atom stereocenters. The zero-order valence-corrected chi connectivity index (χ0v) is 15.4. The highest BCUT2D eigenvalue weighted by atomic mass is 32.1. The number of ether oxygens (including phenoxy) is 2. The van der Waals surface area contributed by atoms with Gasteiger partial charge in [0.15, 0.2) is 11.5 Å². The van der Waals surface area contributed by atoms with E-state index in [9.17, 15) is 0 Å². The van der Waals surface area contributed by atoms with Gasteiger partial charge in [-0.3, -0.25) is 4.99 Å². The molecule has 0 saturated heterocycles. The first kappa shape index (κ1) is 18.0. The molecule has 0 spiro atoms. The van der Waals surface area contributed by atoms with Gasteiger partial charge in [-0.2, -0.15) is 5.10 Å². The minimum Gasteiger partial charge on any atom is -0.493 e. The minimum absolute atomic E-state index is 0.599. The molecule has 2 rings (SSSR count). The Balaban J connectivity index is 2.30. The highest BCUT2D eigenvalue weighted by Gasteiger charge is 2.04. The molecular formula is C18H23N3O2S. The van der Waals surface area contributed by atoms with Crippen LogP contribution in [0.4, 0.5) is 0 Å². The van der Waals surface area contributed by atoms with Crippen LogP contribution in [0.15, 0.2) is 45.8 Å². The third kappa shape index (κ3) is 4.58. The van der Waals surface area contributed by atoms with Gasteiger partial charge in [-0.05, 0) is 44.5 Å². The summed E-state index contributed by atoms with van der Waals surface area (Å²) in [4.78, 5) is 5.39. The number of benzene rings is 1. The molecule has 5 nitrogen and oxygen atoms in total. The summed E-state index contributed by atoms with van der Waals surface area (Å²) in [6.07, 6.45) is 1.79. The molecule has 0 fully saturated rings. The van der Waals surface area contributed by atoms with E-state index in [1.807, 2.05) is 49.0 Å². The fraction of sp³-hybridized carbons (Fsp3) is 0.333. The largest absolute Gasteiger partial charge is 0.493 e. The molecule has 0 aliphatic heterocycles. The van der Waals surface area contributed by atoms with E-state index >= 15 is 0 Å². The highest BCUT2D eigenvalue weighted by molar-refractivity contribution is 7.07. The lowest BCUT2D eigenvalue weighted by Gasteiger charge is -2.09. The van der Waals surface area contributed by atoms with Crippen molar-refractivity contribution in [3.05, 3.63) is 51.8 Å². The van der Waals surface area contributed by atoms with Crippen LogP contribution >= 0.6 is 11.3 Å². The predicted molar refractivity (Wildman–Crippen MR) is 99.4 cm³/mol. The topological polar surface area (TPSA) is 48.1 Å². The number of aryl methyl sites for hydroxylation is 1. The van der Waals surface area contributed by atoms with Gasteiger partial charge in [0.25, 0.3) is 0 Å². The van der Waals surface area contributed by atoms with Crippen molar-refractivity contribution in [2.24, 2.45) is 10.1 Å². The van der Waals surface area contributed by atoms with Crippen LogP contribution in [0.5, 0.6) is 11.5 Å². The maximum absolute atomic E-state index is 5.53. The van der Waals surface area contributed by atoms with E-state index in [2.05, 4.69) is 16.7 Å². The van der Waals surface area contributed by atoms with Crippen LogP contribution in [0, 0.1) is 6.92 Å².